The van der Waals surface area contributed by atoms with Gasteiger partial charge in [-0.1, -0.05) is 18.2 Å². The Morgan fingerprint density at radius 1 is 0.966 bits per heavy atom. The van der Waals surface area contributed by atoms with E-state index in [9.17, 15) is 0 Å². The zero-order valence-electron chi connectivity index (χ0n) is 16.1. The molecule has 0 spiro atoms. The Hall–Kier alpha value is -3.93. The molecule has 0 aliphatic carbocycles. The van der Waals surface area contributed by atoms with E-state index < -0.39 is 0 Å². The third-order valence-corrected chi connectivity index (χ3v) is 4.94. The molecule has 0 atom stereocenters. The van der Waals surface area contributed by atoms with Gasteiger partial charge in [-0.3, -0.25) is 4.57 Å². The molecule has 142 valence electrons. The van der Waals surface area contributed by atoms with E-state index in [4.69, 9.17) is 9.97 Å². The number of hydrogen-bond donors (Lipinski definition) is 1. The Kier molecular flexibility index (Phi) is 4.09. The van der Waals surface area contributed by atoms with Crippen molar-refractivity contribution < 1.29 is 0 Å². The highest BCUT2D eigenvalue weighted by atomic mass is 15.2. The first-order valence-corrected chi connectivity index (χ1v) is 9.48. The first kappa shape index (κ1) is 17.2. The number of aromatic nitrogens is 5. The van der Waals surface area contributed by atoms with Crippen molar-refractivity contribution in [1.82, 2.24) is 24.1 Å². The maximum absolute atomic E-state index is 4.78. The summed E-state index contributed by atoms with van der Waals surface area (Å²) >= 11 is 0. The predicted molar refractivity (Wildman–Crippen MR) is 117 cm³/mol. The third-order valence-electron chi connectivity index (χ3n) is 4.94. The summed E-state index contributed by atoms with van der Waals surface area (Å²) in [6.07, 6.45) is 5.77. The van der Waals surface area contributed by atoms with Crippen LogP contribution in [-0.2, 0) is 6.54 Å². The van der Waals surface area contributed by atoms with E-state index in [2.05, 4.69) is 27.5 Å². The molecule has 5 aromatic rings. The number of anilines is 2. The highest BCUT2D eigenvalue weighted by Gasteiger charge is 2.11. The molecular formula is C23H20N6. The molecule has 29 heavy (non-hydrogen) atoms. The fraction of sp³-hybridized carbons (Fsp3) is 0.0870. The molecule has 6 nitrogen and oxygen atoms in total. The van der Waals surface area contributed by atoms with E-state index in [0.29, 0.717) is 5.95 Å². The topological polar surface area (TPSA) is 60.6 Å². The van der Waals surface area contributed by atoms with E-state index in [0.717, 1.165) is 45.8 Å². The van der Waals surface area contributed by atoms with Crippen LogP contribution < -0.4 is 5.32 Å². The molecule has 0 fully saturated rings. The van der Waals surface area contributed by atoms with Crippen LogP contribution in [0.5, 0.6) is 0 Å². The lowest BCUT2D eigenvalue weighted by Crippen LogP contribution is -2.04. The van der Waals surface area contributed by atoms with Crippen LogP contribution in [-0.4, -0.2) is 24.1 Å². The predicted octanol–water partition coefficient (Wildman–Crippen LogP) is 5.01. The van der Waals surface area contributed by atoms with Gasteiger partial charge in [0.05, 0.1) is 16.6 Å². The number of aryl methyl sites for hydroxylation is 1. The summed E-state index contributed by atoms with van der Waals surface area (Å²) < 4.78 is 4.06. The van der Waals surface area contributed by atoms with Gasteiger partial charge in [-0.15, -0.1) is 6.58 Å². The summed E-state index contributed by atoms with van der Waals surface area (Å²) in [5.41, 5.74) is 3.87. The van der Waals surface area contributed by atoms with Crippen molar-refractivity contribution in [3.63, 3.8) is 0 Å². The van der Waals surface area contributed by atoms with Gasteiger partial charge in [0.2, 0.25) is 5.95 Å². The number of imidazole rings is 1. The summed E-state index contributed by atoms with van der Waals surface area (Å²) in [6, 6.07) is 18.1. The quantitative estimate of drug-likeness (QED) is 0.436. The van der Waals surface area contributed by atoms with Gasteiger partial charge in [-0.05, 0) is 49.4 Å². The van der Waals surface area contributed by atoms with Crippen molar-refractivity contribution in [2.75, 3.05) is 5.32 Å². The highest BCUT2D eigenvalue weighted by molar-refractivity contribution is 5.92. The van der Waals surface area contributed by atoms with Crippen LogP contribution in [0.2, 0.25) is 0 Å². The average molecular weight is 380 g/mol. The fourth-order valence-corrected chi connectivity index (χ4v) is 3.56. The molecule has 0 aliphatic rings. The standard InChI is InChI=1S/C23H20N6/c1-3-12-29-16(2)24-20-11-10-17(15-21(20)29)25-22-18-8-4-5-9-19(18)26-23(27-22)28-13-6-7-14-28/h3-11,13-15H,1,12H2,2H3,(H,25,26,27). The molecular weight excluding hydrogens is 360 g/mol. The molecule has 2 aromatic carbocycles. The molecule has 0 radical (unpaired) electrons. The lowest BCUT2D eigenvalue weighted by atomic mass is 10.2. The van der Waals surface area contributed by atoms with Gasteiger partial charge < -0.3 is 9.88 Å². The van der Waals surface area contributed by atoms with Crippen molar-refractivity contribution in [3.05, 3.63) is 85.5 Å². The van der Waals surface area contributed by atoms with Gasteiger partial charge in [0.25, 0.3) is 0 Å². The van der Waals surface area contributed by atoms with Crippen LogP contribution in [0.15, 0.2) is 79.6 Å². The minimum Gasteiger partial charge on any atom is -0.339 e. The molecule has 0 amide bonds. The van der Waals surface area contributed by atoms with E-state index in [1.807, 2.05) is 78.5 Å². The first-order chi connectivity index (χ1) is 14.2. The number of hydrogen-bond acceptors (Lipinski definition) is 4. The highest BCUT2D eigenvalue weighted by Crippen LogP contribution is 2.27. The second kappa shape index (κ2) is 6.91. The van der Waals surface area contributed by atoms with E-state index in [1.165, 1.54) is 0 Å². The van der Waals surface area contributed by atoms with Gasteiger partial charge in [0.1, 0.15) is 11.6 Å². The largest absolute Gasteiger partial charge is 0.339 e. The lowest BCUT2D eigenvalue weighted by Gasteiger charge is -2.12. The van der Waals surface area contributed by atoms with Gasteiger partial charge in [-0.2, -0.15) is 4.98 Å². The van der Waals surface area contributed by atoms with E-state index >= 15 is 0 Å². The number of rotatable bonds is 5. The first-order valence-electron chi connectivity index (χ1n) is 9.48. The minimum absolute atomic E-state index is 0.629. The Morgan fingerprint density at radius 2 is 1.79 bits per heavy atom. The van der Waals surface area contributed by atoms with Crippen LogP contribution in [0.25, 0.3) is 27.9 Å². The number of nitrogens with zero attached hydrogens (tertiary/aromatic N) is 5. The molecule has 3 aromatic heterocycles. The molecule has 6 heteroatoms. The van der Waals surface area contributed by atoms with Crippen LogP contribution in [0, 0.1) is 6.92 Å². The monoisotopic (exact) mass is 380 g/mol. The van der Waals surface area contributed by atoms with Crippen molar-refractivity contribution >= 4 is 33.4 Å². The normalized spacial score (nSPS) is 11.2. The molecule has 0 saturated carbocycles. The molecule has 0 unspecified atom stereocenters. The lowest BCUT2D eigenvalue weighted by molar-refractivity contribution is 0.808. The molecule has 0 aliphatic heterocycles. The second-order valence-electron chi connectivity index (χ2n) is 6.87. The van der Waals surface area contributed by atoms with E-state index in [-0.39, 0.29) is 0 Å². The zero-order valence-corrected chi connectivity index (χ0v) is 16.1. The Labute approximate surface area is 168 Å². The summed E-state index contributed by atoms with van der Waals surface area (Å²) in [5.74, 6) is 2.37. The number of allylic oxidation sites excluding steroid dienone is 1. The minimum atomic E-state index is 0.629. The van der Waals surface area contributed by atoms with Gasteiger partial charge >= 0.3 is 0 Å². The summed E-state index contributed by atoms with van der Waals surface area (Å²) in [5, 5.41) is 4.46. The molecule has 0 bridgehead atoms. The Bertz CT molecular complexity index is 1330. The SMILES string of the molecule is C=CCn1c(C)nc2ccc(Nc3nc(-n4cccc4)nc4ccccc34)cc21. The van der Waals surface area contributed by atoms with Crippen LogP contribution in [0.1, 0.15) is 5.82 Å². The second-order valence-corrected chi connectivity index (χ2v) is 6.87. The molecule has 3 heterocycles. The summed E-state index contributed by atoms with van der Waals surface area (Å²) in [7, 11) is 0. The fourth-order valence-electron chi connectivity index (χ4n) is 3.56. The van der Waals surface area contributed by atoms with Crippen LogP contribution >= 0.6 is 0 Å². The Morgan fingerprint density at radius 3 is 2.62 bits per heavy atom. The number of fused-ring (bicyclic) bond motifs is 2. The van der Waals surface area contributed by atoms with Gasteiger partial charge in [0.15, 0.2) is 0 Å². The summed E-state index contributed by atoms with van der Waals surface area (Å²) in [4.78, 5) is 14.1. The molecule has 0 saturated heterocycles. The third kappa shape index (κ3) is 3.04. The van der Waals surface area contributed by atoms with Gasteiger partial charge in [-0.25, -0.2) is 9.97 Å². The molecule has 5 rings (SSSR count). The van der Waals surface area contributed by atoms with Gasteiger partial charge in [0, 0.05) is 30.0 Å². The van der Waals surface area contributed by atoms with Crippen molar-refractivity contribution in [2.45, 2.75) is 13.5 Å². The summed E-state index contributed by atoms with van der Waals surface area (Å²) in [6.45, 7) is 6.59. The van der Waals surface area contributed by atoms with Crippen LogP contribution in [0.4, 0.5) is 11.5 Å². The van der Waals surface area contributed by atoms with Crippen molar-refractivity contribution in [1.29, 1.82) is 0 Å². The zero-order chi connectivity index (χ0) is 19.8. The maximum Gasteiger partial charge on any atom is 0.236 e. The Balaban J connectivity index is 1.63. The van der Waals surface area contributed by atoms with Crippen LogP contribution in [0.3, 0.4) is 0 Å². The average Bonchev–Trinajstić information content (AvgIpc) is 3.37. The number of benzene rings is 2. The van der Waals surface area contributed by atoms with E-state index in [1.54, 1.807) is 0 Å². The maximum atomic E-state index is 4.78. The van der Waals surface area contributed by atoms with Crippen molar-refractivity contribution in [3.8, 4) is 5.95 Å². The smallest absolute Gasteiger partial charge is 0.236 e. The number of nitrogens with one attached hydrogen (secondary N) is 1. The number of para-hydroxylation sites is 1. The van der Waals surface area contributed by atoms with Crippen molar-refractivity contribution in [2.24, 2.45) is 0 Å². The molecule has 1 N–H and O–H groups in total.